The van der Waals surface area contributed by atoms with E-state index < -0.39 is 34.4 Å². The summed E-state index contributed by atoms with van der Waals surface area (Å²) in [5.74, 6) is -3.42. The molecule has 1 atom stereocenters. The lowest BCUT2D eigenvalue weighted by atomic mass is 9.89. The number of carbonyl (C=O) groups excluding carboxylic acids is 2. The fourth-order valence-electron chi connectivity index (χ4n) is 2.26. The molecule has 0 saturated carbocycles. The second-order valence-electron chi connectivity index (χ2n) is 5.23. The standard InChI is InChI=1S/C13H15F2N3O2/c1-13(12(17)20)4-5-18(6-13)11(19)9-7(14)2-3-8(16)10(9)15/h2-3H,4-6,16H2,1H3,(H2,17,20). The van der Waals surface area contributed by atoms with E-state index in [4.69, 9.17) is 11.5 Å². The average Bonchev–Trinajstić information content (AvgIpc) is 2.78. The summed E-state index contributed by atoms with van der Waals surface area (Å²) in [6, 6.07) is 1.99. The maximum absolute atomic E-state index is 13.8. The quantitative estimate of drug-likeness (QED) is 0.790. The molecule has 4 N–H and O–H groups in total. The molecule has 0 bridgehead atoms. The average molecular weight is 283 g/mol. The first-order valence-electron chi connectivity index (χ1n) is 6.09. The van der Waals surface area contributed by atoms with Gasteiger partial charge in [0.25, 0.3) is 5.91 Å². The van der Waals surface area contributed by atoms with E-state index >= 15 is 0 Å². The van der Waals surface area contributed by atoms with Crippen LogP contribution in [0.2, 0.25) is 0 Å². The van der Waals surface area contributed by atoms with Crippen LogP contribution in [0.4, 0.5) is 14.5 Å². The highest BCUT2D eigenvalue weighted by Gasteiger charge is 2.41. The van der Waals surface area contributed by atoms with Gasteiger partial charge in [-0.05, 0) is 25.5 Å². The topological polar surface area (TPSA) is 89.4 Å². The maximum atomic E-state index is 13.8. The van der Waals surface area contributed by atoms with Gasteiger partial charge >= 0.3 is 0 Å². The Bertz CT molecular complexity index is 591. The van der Waals surface area contributed by atoms with Crippen LogP contribution in [0.3, 0.4) is 0 Å². The Morgan fingerprint density at radius 3 is 2.55 bits per heavy atom. The Kier molecular flexibility index (Phi) is 3.37. The van der Waals surface area contributed by atoms with Gasteiger partial charge in [-0.2, -0.15) is 0 Å². The van der Waals surface area contributed by atoms with Crippen LogP contribution in [0.1, 0.15) is 23.7 Å². The number of nitrogens with zero attached hydrogens (tertiary/aromatic N) is 1. The number of hydrogen-bond acceptors (Lipinski definition) is 3. The van der Waals surface area contributed by atoms with Crippen LogP contribution in [0.15, 0.2) is 12.1 Å². The molecule has 2 amide bonds. The van der Waals surface area contributed by atoms with Crippen LogP contribution < -0.4 is 11.5 Å². The molecule has 1 fully saturated rings. The van der Waals surface area contributed by atoms with Crippen LogP contribution in [0.25, 0.3) is 0 Å². The van der Waals surface area contributed by atoms with Crippen molar-refractivity contribution in [1.82, 2.24) is 4.90 Å². The minimum absolute atomic E-state index is 0.0366. The van der Waals surface area contributed by atoms with Crippen LogP contribution >= 0.6 is 0 Å². The van der Waals surface area contributed by atoms with Crippen molar-refractivity contribution in [3.63, 3.8) is 0 Å². The summed E-state index contributed by atoms with van der Waals surface area (Å²) in [6.45, 7) is 1.87. The highest BCUT2D eigenvalue weighted by atomic mass is 19.1. The molecule has 1 aromatic rings. The molecule has 5 nitrogen and oxygen atoms in total. The predicted molar refractivity (Wildman–Crippen MR) is 68.6 cm³/mol. The molecule has 0 spiro atoms. The lowest BCUT2D eigenvalue weighted by molar-refractivity contribution is -0.126. The van der Waals surface area contributed by atoms with Crippen LogP contribution in [0, 0.1) is 17.0 Å². The number of primary amides is 1. The van der Waals surface area contributed by atoms with Crippen molar-refractivity contribution in [3.05, 3.63) is 29.3 Å². The van der Waals surface area contributed by atoms with Crippen LogP contribution in [-0.2, 0) is 4.79 Å². The molecule has 2 rings (SSSR count). The van der Waals surface area contributed by atoms with E-state index in [1.165, 1.54) is 4.90 Å². The first kappa shape index (κ1) is 14.2. The molecule has 1 aromatic carbocycles. The molecule has 1 aliphatic heterocycles. The largest absolute Gasteiger partial charge is 0.396 e. The third kappa shape index (κ3) is 2.19. The molecular formula is C13H15F2N3O2. The van der Waals surface area contributed by atoms with Gasteiger partial charge in [0.1, 0.15) is 11.4 Å². The van der Waals surface area contributed by atoms with E-state index in [-0.39, 0.29) is 18.8 Å². The lowest BCUT2D eigenvalue weighted by Crippen LogP contribution is -2.39. The Morgan fingerprint density at radius 2 is 2.00 bits per heavy atom. The van der Waals surface area contributed by atoms with E-state index in [0.29, 0.717) is 6.42 Å². The molecule has 1 aliphatic rings. The highest BCUT2D eigenvalue weighted by Crippen LogP contribution is 2.31. The Morgan fingerprint density at radius 1 is 1.35 bits per heavy atom. The summed E-state index contributed by atoms with van der Waals surface area (Å²) in [5.41, 5.74) is 8.75. The summed E-state index contributed by atoms with van der Waals surface area (Å²) in [6.07, 6.45) is 0.361. The first-order chi connectivity index (χ1) is 9.26. The van der Waals surface area contributed by atoms with Crippen molar-refractivity contribution < 1.29 is 18.4 Å². The van der Waals surface area contributed by atoms with Gasteiger partial charge in [0.2, 0.25) is 5.91 Å². The minimum atomic E-state index is -1.08. The number of halogens is 2. The summed E-state index contributed by atoms with van der Waals surface area (Å²) in [5, 5.41) is 0. The van der Waals surface area contributed by atoms with Gasteiger partial charge in [-0.1, -0.05) is 0 Å². The zero-order valence-corrected chi connectivity index (χ0v) is 11.0. The van der Waals surface area contributed by atoms with Crippen LogP contribution in [0.5, 0.6) is 0 Å². The van der Waals surface area contributed by atoms with Crippen molar-refractivity contribution in [1.29, 1.82) is 0 Å². The number of benzene rings is 1. The van der Waals surface area contributed by atoms with Crippen molar-refractivity contribution in [2.45, 2.75) is 13.3 Å². The molecule has 1 saturated heterocycles. The third-order valence-corrected chi connectivity index (χ3v) is 3.69. The van der Waals surface area contributed by atoms with E-state index in [0.717, 1.165) is 12.1 Å². The minimum Gasteiger partial charge on any atom is -0.396 e. The highest BCUT2D eigenvalue weighted by molar-refractivity contribution is 5.96. The number of carbonyl (C=O) groups is 2. The fraction of sp³-hybridized carbons (Fsp3) is 0.385. The van der Waals surface area contributed by atoms with Gasteiger partial charge in [0.15, 0.2) is 5.82 Å². The van der Waals surface area contributed by atoms with E-state index in [9.17, 15) is 18.4 Å². The van der Waals surface area contributed by atoms with Gasteiger partial charge in [-0.25, -0.2) is 8.78 Å². The number of nitrogens with two attached hydrogens (primary N) is 2. The monoisotopic (exact) mass is 283 g/mol. The normalized spacial score (nSPS) is 22.1. The molecule has 1 heterocycles. The molecule has 0 aromatic heterocycles. The van der Waals surface area contributed by atoms with Gasteiger partial charge in [0, 0.05) is 13.1 Å². The van der Waals surface area contributed by atoms with Crippen molar-refractivity contribution >= 4 is 17.5 Å². The first-order valence-corrected chi connectivity index (χ1v) is 6.09. The van der Waals surface area contributed by atoms with Gasteiger partial charge < -0.3 is 16.4 Å². The SMILES string of the molecule is CC1(C(N)=O)CCN(C(=O)c2c(F)ccc(N)c2F)C1. The second kappa shape index (κ2) is 4.73. The van der Waals surface area contributed by atoms with Gasteiger partial charge in [-0.15, -0.1) is 0 Å². The zero-order valence-electron chi connectivity index (χ0n) is 11.0. The number of nitrogen functional groups attached to an aromatic ring is 1. The Balaban J connectivity index is 2.31. The van der Waals surface area contributed by atoms with E-state index in [1.54, 1.807) is 6.92 Å². The molecule has 108 valence electrons. The number of amides is 2. The molecular weight excluding hydrogens is 268 g/mol. The lowest BCUT2D eigenvalue weighted by Gasteiger charge is -2.21. The molecule has 1 unspecified atom stereocenters. The summed E-state index contributed by atoms with van der Waals surface area (Å²) in [7, 11) is 0. The van der Waals surface area contributed by atoms with Crippen molar-refractivity contribution in [2.75, 3.05) is 18.8 Å². The maximum Gasteiger partial charge on any atom is 0.259 e. The number of anilines is 1. The molecule has 7 heteroatoms. The van der Waals surface area contributed by atoms with Crippen molar-refractivity contribution in [3.8, 4) is 0 Å². The van der Waals surface area contributed by atoms with Crippen LogP contribution in [-0.4, -0.2) is 29.8 Å². The third-order valence-electron chi connectivity index (χ3n) is 3.69. The number of likely N-dealkylation sites (tertiary alicyclic amines) is 1. The Hall–Kier alpha value is -2.18. The number of hydrogen-bond donors (Lipinski definition) is 2. The van der Waals surface area contributed by atoms with E-state index in [2.05, 4.69) is 0 Å². The molecule has 0 aliphatic carbocycles. The fourth-order valence-corrected chi connectivity index (χ4v) is 2.26. The van der Waals surface area contributed by atoms with Gasteiger partial charge in [-0.3, -0.25) is 9.59 Å². The van der Waals surface area contributed by atoms with Gasteiger partial charge in [0.05, 0.1) is 11.1 Å². The molecule has 0 radical (unpaired) electrons. The Labute approximate surface area is 114 Å². The summed E-state index contributed by atoms with van der Waals surface area (Å²) in [4.78, 5) is 24.7. The second-order valence-corrected chi connectivity index (χ2v) is 5.23. The van der Waals surface area contributed by atoms with E-state index in [1.807, 2.05) is 0 Å². The summed E-state index contributed by atoms with van der Waals surface area (Å²) < 4.78 is 27.5. The van der Waals surface area contributed by atoms with Crippen molar-refractivity contribution in [2.24, 2.45) is 11.1 Å². The summed E-state index contributed by atoms with van der Waals surface area (Å²) >= 11 is 0. The smallest absolute Gasteiger partial charge is 0.259 e. The zero-order chi connectivity index (χ0) is 15.1. The number of rotatable bonds is 2. The molecule has 20 heavy (non-hydrogen) atoms. The predicted octanol–water partition coefficient (Wildman–Crippen LogP) is 0.884.